The predicted molar refractivity (Wildman–Crippen MR) is 84.0 cm³/mol. The molecular weight excluding hydrogens is 286 g/mol. The van der Waals surface area contributed by atoms with E-state index in [0.29, 0.717) is 12.2 Å². The monoisotopic (exact) mass is 305 g/mol. The van der Waals surface area contributed by atoms with Crippen LogP contribution in [0.5, 0.6) is 5.75 Å². The molecule has 21 heavy (non-hydrogen) atoms. The Kier molecular flexibility index (Phi) is 5.36. The van der Waals surface area contributed by atoms with Crippen LogP contribution in [0.4, 0.5) is 0 Å². The van der Waals surface area contributed by atoms with Crippen LogP contribution < -0.4 is 10.1 Å². The van der Waals surface area contributed by atoms with Gasteiger partial charge in [0.15, 0.2) is 0 Å². The highest BCUT2D eigenvalue weighted by Crippen LogP contribution is 2.23. The van der Waals surface area contributed by atoms with E-state index in [9.17, 15) is 9.90 Å². The number of hydrogen-bond donors (Lipinski definition) is 2. The number of rotatable bonds is 6. The number of ether oxygens (including phenoxy) is 1. The Bertz CT molecular complexity index is 592. The SMILES string of the molecule is CCOc1ccc(C(=O)NCC(O)c2sccc2C)cc1. The van der Waals surface area contributed by atoms with Gasteiger partial charge in [-0.25, -0.2) is 0 Å². The lowest BCUT2D eigenvalue weighted by Gasteiger charge is -2.12. The van der Waals surface area contributed by atoms with Gasteiger partial charge < -0.3 is 15.2 Å². The lowest BCUT2D eigenvalue weighted by Crippen LogP contribution is -2.28. The second kappa shape index (κ2) is 7.24. The lowest BCUT2D eigenvalue weighted by atomic mass is 10.2. The predicted octanol–water partition coefficient (Wildman–Crippen LogP) is 2.92. The van der Waals surface area contributed by atoms with Crippen molar-refractivity contribution in [1.82, 2.24) is 5.32 Å². The molecule has 1 aromatic carbocycles. The Balaban J connectivity index is 1.91. The molecule has 0 saturated heterocycles. The quantitative estimate of drug-likeness (QED) is 0.862. The molecule has 0 radical (unpaired) electrons. The number of aryl methyl sites for hydroxylation is 1. The maximum atomic E-state index is 12.0. The Hall–Kier alpha value is -1.85. The van der Waals surface area contributed by atoms with Crippen LogP contribution in [-0.4, -0.2) is 24.2 Å². The van der Waals surface area contributed by atoms with E-state index in [-0.39, 0.29) is 12.5 Å². The number of carbonyl (C=O) groups is 1. The van der Waals surface area contributed by atoms with Gasteiger partial charge in [-0.1, -0.05) is 0 Å². The molecular formula is C16H19NO3S. The third-order valence-corrected chi connectivity index (χ3v) is 4.21. The summed E-state index contributed by atoms with van der Waals surface area (Å²) in [5.74, 6) is 0.537. The number of carbonyl (C=O) groups excluding carboxylic acids is 1. The fraction of sp³-hybridized carbons (Fsp3) is 0.312. The molecule has 0 aliphatic rings. The summed E-state index contributed by atoms with van der Waals surface area (Å²) in [6, 6.07) is 8.90. The van der Waals surface area contributed by atoms with E-state index < -0.39 is 6.10 Å². The average Bonchev–Trinajstić information content (AvgIpc) is 2.92. The highest BCUT2D eigenvalue weighted by Gasteiger charge is 2.13. The van der Waals surface area contributed by atoms with Crippen molar-refractivity contribution in [1.29, 1.82) is 0 Å². The summed E-state index contributed by atoms with van der Waals surface area (Å²) in [7, 11) is 0. The standard InChI is InChI=1S/C16H19NO3S/c1-3-20-13-6-4-12(5-7-13)16(19)17-10-14(18)15-11(2)8-9-21-15/h4-9,14,18H,3,10H2,1-2H3,(H,17,19). The summed E-state index contributed by atoms with van der Waals surface area (Å²) < 4.78 is 5.33. The second-order valence-electron chi connectivity index (χ2n) is 4.65. The molecule has 0 bridgehead atoms. The van der Waals surface area contributed by atoms with E-state index in [1.165, 1.54) is 11.3 Å². The van der Waals surface area contributed by atoms with Crippen molar-refractivity contribution >= 4 is 17.2 Å². The summed E-state index contributed by atoms with van der Waals surface area (Å²) in [6.45, 7) is 4.66. The van der Waals surface area contributed by atoms with Crippen molar-refractivity contribution in [2.24, 2.45) is 0 Å². The van der Waals surface area contributed by atoms with E-state index in [0.717, 1.165) is 16.2 Å². The first kappa shape index (κ1) is 15.5. The van der Waals surface area contributed by atoms with Gasteiger partial charge in [0.2, 0.25) is 0 Å². The van der Waals surface area contributed by atoms with Crippen LogP contribution in [0.25, 0.3) is 0 Å². The molecule has 1 unspecified atom stereocenters. The first-order valence-electron chi connectivity index (χ1n) is 6.85. The molecule has 0 aliphatic heterocycles. The zero-order valence-corrected chi connectivity index (χ0v) is 12.9. The van der Waals surface area contributed by atoms with Crippen molar-refractivity contribution < 1.29 is 14.6 Å². The molecule has 2 N–H and O–H groups in total. The molecule has 1 atom stereocenters. The van der Waals surface area contributed by atoms with Gasteiger partial charge in [0.1, 0.15) is 11.9 Å². The molecule has 2 rings (SSSR count). The van der Waals surface area contributed by atoms with Gasteiger partial charge in [-0.3, -0.25) is 4.79 Å². The molecule has 2 aromatic rings. The van der Waals surface area contributed by atoms with Crippen molar-refractivity contribution in [3.63, 3.8) is 0 Å². The zero-order valence-electron chi connectivity index (χ0n) is 12.1. The number of hydrogen-bond acceptors (Lipinski definition) is 4. The normalized spacial score (nSPS) is 12.0. The average molecular weight is 305 g/mol. The van der Waals surface area contributed by atoms with Crippen LogP contribution in [0.2, 0.25) is 0 Å². The molecule has 0 saturated carbocycles. The van der Waals surface area contributed by atoms with E-state index in [1.807, 2.05) is 25.3 Å². The number of aliphatic hydroxyl groups is 1. The van der Waals surface area contributed by atoms with Gasteiger partial charge in [-0.05, 0) is 55.1 Å². The van der Waals surface area contributed by atoms with E-state index >= 15 is 0 Å². The molecule has 1 heterocycles. The smallest absolute Gasteiger partial charge is 0.251 e. The fourth-order valence-electron chi connectivity index (χ4n) is 1.98. The number of thiophene rings is 1. The van der Waals surface area contributed by atoms with Crippen LogP contribution in [-0.2, 0) is 0 Å². The minimum Gasteiger partial charge on any atom is -0.494 e. The largest absolute Gasteiger partial charge is 0.494 e. The van der Waals surface area contributed by atoms with Gasteiger partial charge in [0.25, 0.3) is 5.91 Å². The van der Waals surface area contributed by atoms with Crippen LogP contribution in [0, 0.1) is 6.92 Å². The third-order valence-electron chi connectivity index (χ3n) is 3.09. The number of amides is 1. The summed E-state index contributed by atoms with van der Waals surface area (Å²) in [5.41, 5.74) is 1.59. The fourth-order valence-corrected chi connectivity index (χ4v) is 2.89. The molecule has 5 heteroatoms. The topological polar surface area (TPSA) is 58.6 Å². The van der Waals surface area contributed by atoms with Crippen molar-refractivity contribution in [2.45, 2.75) is 20.0 Å². The molecule has 0 aliphatic carbocycles. The van der Waals surface area contributed by atoms with Gasteiger partial charge in [0, 0.05) is 17.0 Å². The molecule has 4 nitrogen and oxygen atoms in total. The lowest BCUT2D eigenvalue weighted by molar-refractivity contribution is 0.0917. The molecule has 0 spiro atoms. The molecule has 1 aromatic heterocycles. The van der Waals surface area contributed by atoms with Crippen molar-refractivity contribution in [3.05, 3.63) is 51.7 Å². The Morgan fingerprint density at radius 3 is 2.62 bits per heavy atom. The third kappa shape index (κ3) is 4.06. The van der Waals surface area contributed by atoms with Gasteiger partial charge >= 0.3 is 0 Å². The Morgan fingerprint density at radius 1 is 1.33 bits per heavy atom. The first-order chi connectivity index (χ1) is 10.1. The van der Waals surface area contributed by atoms with Crippen LogP contribution in [0.1, 0.15) is 33.8 Å². The Labute approximate surface area is 128 Å². The summed E-state index contributed by atoms with van der Waals surface area (Å²) >= 11 is 1.49. The number of benzene rings is 1. The van der Waals surface area contributed by atoms with Crippen LogP contribution in [0.3, 0.4) is 0 Å². The van der Waals surface area contributed by atoms with E-state index in [4.69, 9.17) is 4.74 Å². The summed E-state index contributed by atoms with van der Waals surface area (Å²) in [5, 5.41) is 14.8. The van der Waals surface area contributed by atoms with Crippen molar-refractivity contribution in [2.75, 3.05) is 13.2 Å². The van der Waals surface area contributed by atoms with Crippen LogP contribution >= 0.6 is 11.3 Å². The van der Waals surface area contributed by atoms with Crippen molar-refractivity contribution in [3.8, 4) is 5.75 Å². The molecule has 1 amide bonds. The minimum atomic E-state index is -0.670. The number of aliphatic hydroxyl groups excluding tert-OH is 1. The summed E-state index contributed by atoms with van der Waals surface area (Å²) in [4.78, 5) is 12.9. The maximum absolute atomic E-state index is 12.0. The van der Waals surface area contributed by atoms with Gasteiger partial charge in [-0.2, -0.15) is 0 Å². The molecule has 0 fully saturated rings. The van der Waals surface area contributed by atoms with Gasteiger partial charge in [-0.15, -0.1) is 11.3 Å². The maximum Gasteiger partial charge on any atom is 0.251 e. The zero-order chi connectivity index (χ0) is 15.2. The highest BCUT2D eigenvalue weighted by atomic mass is 32.1. The van der Waals surface area contributed by atoms with E-state index in [1.54, 1.807) is 24.3 Å². The van der Waals surface area contributed by atoms with E-state index in [2.05, 4.69) is 5.32 Å². The minimum absolute atomic E-state index is 0.202. The second-order valence-corrected chi connectivity index (χ2v) is 5.60. The first-order valence-corrected chi connectivity index (χ1v) is 7.73. The summed E-state index contributed by atoms with van der Waals surface area (Å²) in [6.07, 6.45) is -0.670. The van der Waals surface area contributed by atoms with Crippen LogP contribution in [0.15, 0.2) is 35.7 Å². The number of nitrogens with one attached hydrogen (secondary N) is 1. The van der Waals surface area contributed by atoms with Gasteiger partial charge in [0.05, 0.1) is 6.61 Å². The highest BCUT2D eigenvalue weighted by molar-refractivity contribution is 7.10. The molecule has 112 valence electrons. The Morgan fingerprint density at radius 2 is 2.05 bits per heavy atom.